The van der Waals surface area contributed by atoms with Crippen molar-refractivity contribution in [1.82, 2.24) is 10.2 Å². The van der Waals surface area contributed by atoms with Gasteiger partial charge in [0, 0.05) is 37.4 Å². The van der Waals surface area contributed by atoms with Gasteiger partial charge in [0.25, 0.3) is 0 Å². The van der Waals surface area contributed by atoms with Crippen LogP contribution < -0.4 is 16.4 Å². The summed E-state index contributed by atoms with van der Waals surface area (Å²) in [5.41, 5.74) is 6.84. The van der Waals surface area contributed by atoms with Crippen molar-refractivity contribution in [3.05, 3.63) is 29.0 Å². The van der Waals surface area contributed by atoms with Crippen molar-refractivity contribution in [3.63, 3.8) is 0 Å². The minimum absolute atomic E-state index is 0.159. The normalized spacial score (nSPS) is 27.8. The quantitative estimate of drug-likeness (QED) is 0.897. The van der Waals surface area contributed by atoms with Gasteiger partial charge in [-0.25, -0.2) is 9.71 Å². The second-order valence-electron chi connectivity index (χ2n) is 6.25. The second-order valence-corrected chi connectivity index (χ2v) is 6.66. The molecule has 6 heteroatoms. The van der Waals surface area contributed by atoms with Crippen molar-refractivity contribution in [2.45, 2.75) is 43.9 Å². The highest BCUT2D eigenvalue weighted by atomic mass is 35.5. The zero-order valence-electron chi connectivity index (χ0n) is 12.6. The van der Waals surface area contributed by atoms with Crippen LogP contribution in [0, 0.1) is 5.82 Å². The van der Waals surface area contributed by atoms with Crippen LogP contribution in [-0.4, -0.2) is 42.8 Å². The molecule has 4 nitrogen and oxygen atoms in total. The van der Waals surface area contributed by atoms with E-state index in [1.54, 1.807) is 12.1 Å². The Morgan fingerprint density at radius 3 is 2.77 bits per heavy atom. The Labute approximate surface area is 136 Å². The van der Waals surface area contributed by atoms with Gasteiger partial charge < -0.3 is 11.1 Å². The third-order valence-corrected chi connectivity index (χ3v) is 4.89. The predicted molar refractivity (Wildman–Crippen MR) is 87.6 cm³/mol. The number of anilines is 1. The molecule has 3 rings (SSSR count). The molecule has 2 heterocycles. The summed E-state index contributed by atoms with van der Waals surface area (Å²) in [5.74, 6) is -0.381. The van der Waals surface area contributed by atoms with Gasteiger partial charge in [0.1, 0.15) is 5.82 Å². The molecule has 1 aromatic rings. The molecular formula is C16H23ClFN4. The van der Waals surface area contributed by atoms with E-state index in [2.05, 4.69) is 10.2 Å². The molecule has 121 valence electrons. The molecule has 2 saturated heterocycles. The van der Waals surface area contributed by atoms with Crippen molar-refractivity contribution >= 4 is 17.3 Å². The van der Waals surface area contributed by atoms with Gasteiger partial charge in [0.2, 0.25) is 0 Å². The summed E-state index contributed by atoms with van der Waals surface area (Å²) in [6.45, 7) is 2.93. The molecule has 2 atom stereocenters. The van der Waals surface area contributed by atoms with Crippen molar-refractivity contribution in [2.24, 2.45) is 5.73 Å². The number of benzene rings is 1. The number of nitrogens with one attached hydrogen (secondary N) is 1. The molecule has 1 radical (unpaired) electrons. The Hall–Kier alpha value is -0.880. The van der Waals surface area contributed by atoms with E-state index in [4.69, 9.17) is 22.7 Å². The maximum absolute atomic E-state index is 13.2. The van der Waals surface area contributed by atoms with Crippen LogP contribution >= 0.6 is 11.6 Å². The largest absolute Gasteiger partial charge is 0.382 e. The summed E-state index contributed by atoms with van der Waals surface area (Å²) >= 11 is 5.84. The zero-order valence-corrected chi connectivity index (χ0v) is 13.4. The minimum atomic E-state index is -0.381. The van der Waals surface area contributed by atoms with Gasteiger partial charge in [-0.1, -0.05) is 11.6 Å². The molecule has 0 bridgehead atoms. The lowest BCUT2D eigenvalue weighted by atomic mass is 9.99. The Kier molecular flexibility index (Phi) is 5.18. The number of hydrogen-bond acceptors (Lipinski definition) is 3. The Bertz CT molecular complexity index is 505. The summed E-state index contributed by atoms with van der Waals surface area (Å²) in [5, 5.41) is 8.38. The van der Waals surface area contributed by atoms with Crippen molar-refractivity contribution in [2.75, 3.05) is 25.0 Å². The fraction of sp³-hybridized carbons (Fsp3) is 0.625. The van der Waals surface area contributed by atoms with E-state index < -0.39 is 0 Å². The number of nitrogens with zero attached hydrogens (tertiary/aromatic N) is 2. The predicted octanol–water partition coefficient (Wildman–Crippen LogP) is 2.41. The van der Waals surface area contributed by atoms with E-state index in [1.807, 2.05) is 0 Å². The average Bonchev–Trinajstić information content (AvgIpc) is 2.52. The van der Waals surface area contributed by atoms with E-state index in [9.17, 15) is 4.39 Å². The standard InChI is InChI=1S/C16H23ClFN4/c17-14-9-12(1-2-15(14)18)21-13-3-6-20-16(10-13)22-7-4-11(19)5-8-22/h1-2,9,11,13,16,21H,3-8,10,19H2. The molecule has 0 amide bonds. The summed E-state index contributed by atoms with van der Waals surface area (Å²) in [6, 6.07) is 5.48. The van der Waals surface area contributed by atoms with Crippen LogP contribution in [0.3, 0.4) is 0 Å². The van der Waals surface area contributed by atoms with Gasteiger partial charge in [0.15, 0.2) is 0 Å². The van der Waals surface area contributed by atoms with E-state index in [0.717, 1.165) is 51.0 Å². The molecule has 22 heavy (non-hydrogen) atoms. The summed E-state index contributed by atoms with van der Waals surface area (Å²) < 4.78 is 13.2. The highest BCUT2D eigenvalue weighted by Gasteiger charge is 2.29. The van der Waals surface area contributed by atoms with Gasteiger partial charge in [0.05, 0.1) is 11.2 Å². The average molecular weight is 326 g/mol. The van der Waals surface area contributed by atoms with Crippen LogP contribution in [-0.2, 0) is 0 Å². The van der Waals surface area contributed by atoms with E-state index in [-0.39, 0.29) is 17.0 Å². The van der Waals surface area contributed by atoms with Crippen LogP contribution in [0.25, 0.3) is 0 Å². The molecule has 0 aromatic heterocycles. The molecule has 3 N–H and O–H groups in total. The number of piperidine rings is 2. The van der Waals surface area contributed by atoms with Crippen LogP contribution in [0.4, 0.5) is 10.1 Å². The number of likely N-dealkylation sites (tertiary alicyclic amines) is 1. The second kappa shape index (κ2) is 7.13. The number of rotatable bonds is 3. The Morgan fingerprint density at radius 2 is 2.05 bits per heavy atom. The Balaban J connectivity index is 1.57. The van der Waals surface area contributed by atoms with Crippen molar-refractivity contribution < 1.29 is 4.39 Å². The first-order chi connectivity index (χ1) is 10.6. The van der Waals surface area contributed by atoms with Gasteiger partial charge in [-0.05, 0) is 43.9 Å². The van der Waals surface area contributed by atoms with Gasteiger partial charge in [-0.3, -0.25) is 4.90 Å². The molecule has 0 saturated carbocycles. The molecule has 2 fully saturated rings. The van der Waals surface area contributed by atoms with E-state index >= 15 is 0 Å². The van der Waals surface area contributed by atoms with Crippen molar-refractivity contribution in [1.29, 1.82) is 0 Å². The number of halogens is 2. The van der Waals surface area contributed by atoms with Gasteiger partial charge in [-0.15, -0.1) is 0 Å². The summed E-state index contributed by atoms with van der Waals surface area (Å²) in [7, 11) is 0. The smallest absolute Gasteiger partial charge is 0.141 e. The molecular weight excluding hydrogens is 303 g/mol. The van der Waals surface area contributed by atoms with Crippen LogP contribution in [0.2, 0.25) is 5.02 Å². The lowest BCUT2D eigenvalue weighted by molar-refractivity contribution is 0.100. The van der Waals surface area contributed by atoms with Crippen molar-refractivity contribution in [3.8, 4) is 0 Å². The fourth-order valence-electron chi connectivity index (χ4n) is 3.26. The molecule has 0 aliphatic carbocycles. The van der Waals surface area contributed by atoms with Gasteiger partial charge >= 0.3 is 0 Å². The molecule has 2 aliphatic heterocycles. The molecule has 0 spiro atoms. The third-order valence-electron chi connectivity index (χ3n) is 4.60. The zero-order chi connectivity index (χ0) is 15.5. The van der Waals surface area contributed by atoms with Crippen LogP contribution in [0.5, 0.6) is 0 Å². The number of nitrogens with two attached hydrogens (primary N) is 1. The first-order valence-corrected chi connectivity index (χ1v) is 8.37. The van der Waals surface area contributed by atoms with Gasteiger partial charge in [-0.2, -0.15) is 0 Å². The van der Waals surface area contributed by atoms with E-state index in [0.29, 0.717) is 12.1 Å². The topological polar surface area (TPSA) is 55.4 Å². The highest BCUT2D eigenvalue weighted by Crippen LogP contribution is 2.24. The Morgan fingerprint density at radius 1 is 1.27 bits per heavy atom. The first kappa shape index (κ1) is 16.0. The summed E-state index contributed by atoms with van der Waals surface area (Å²) in [6.07, 6.45) is 4.35. The maximum atomic E-state index is 13.2. The monoisotopic (exact) mass is 325 g/mol. The van der Waals surface area contributed by atoms with E-state index in [1.165, 1.54) is 6.07 Å². The molecule has 1 aromatic carbocycles. The number of hydrogen-bond donors (Lipinski definition) is 2. The lowest BCUT2D eigenvalue weighted by Crippen LogP contribution is -2.53. The summed E-state index contributed by atoms with van der Waals surface area (Å²) in [4.78, 5) is 2.44. The third kappa shape index (κ3) is 3.90. The molecule has 2 unspecified atom stereocenters. The first-order valence-electron chi connectivity index (χ1n) is 7.99. The maximum Gasteiger partial charge on any atom is 0.141 e. The SMILES string of the molecule is NC1CCN(C2CC(Nc3ccc(F)c(Cl)c3)CC[N]2)CC1. The van der Waals surface area contributed by atoms with Crippen LogP contribution in [0.1, 0.15) is 25.7 Å². The fourth-order valence-corrected chi connectivity index (χ4v) is 3.44. The minimum Gasteiger partial charge on any atom is -0.382 e. The van der Waals surface area contributed by atoms with Crippen LogP contribution in [0.15, 0.2) is 18.2 Å². The lowest BCUT2D eigenvalue weighted by Gasteiger charge is -2.40. The highest BCUT2D eigenvalue weighted by molar-refractivity contribution is 6.31. The molecule has 2 aliphatic rings.